The molecule has 1 aromatic heterocycles. The first-order chi connectivity index (χ1) is 10.6. The molecule has 2 aromatic rings. The maximum atomic E-state index is 11.4. The summed E-state index contributed by atoms with van der Waals surface area (Å²) in [6.45, 7) is 4.50. The van der Waals surface area contributed by atoms with Gasteiger partial charge in [0.25, 0.3) is 5.56 Å². The van der Waals surface area contributed by atoms with Gasteiger partial charge in [-0.15, -0.1) is 10.2 Å². The summed E-state index contributed by atoms with van der Waals surface area (Å²) in [4.78, 5) is 14.0. The molecule has 0 radical (unpaired) electrons. The molecule has 8 heteroatoms. The van der Waals surface area contributed by atoms with Gasteiger partial charge in [0.15, 0.2) is 11.5 Å². The van der Waals surface area contributed by atoms with Gasteiger partial charge < -0.3 is 9.47 Å². The lowest BCUT2D eigenvalue weighted by Crippen LogP contribution is -2.16. The Morgan fingerprint density at radius 3 is 2.82 bits per heavy atom. The molecule has 0 spiro atoms. The molecule has 0 aliphatic carbocycles. The summed E-state index contributed by atoms with van der Waals surface area (Å²) in [6, 6.07) is 5.59. The highest BCUT2D eigenvalue weighted by Crippen LogP contribution is 2.30. The number of anilines is 1. The van der Waals surface area contributed by atoms with Crippen molar-refractivity contribution in [1.29, 1.82) is 0 Å². The number of hydrogen-bond donors (Lipinski definition) is 2. The van der Waals surface area contributed by atoms with Crippen molar-refractivity contribution < 1.29 is 9.47 Å². The van der Waals surface area contributed by atoms with E-state index in [0.717, 1.165) is 11.3 Å². The maximum Gasteiger partial charge on any atom is 0.274 e. The van der Waals surface area contributed by atoms with Crippen molar-refractivity contribution >= 4 is 11.7 Å². The highest BCUT2D eigenvalue weighted by molar-refractivity contribution is 5.99. The van der Waals surface area contributed by atoms with Gasteiger partial charge in [-0.25, -0.2) is 5.43 Å². The van der Waals surface area contributed by atoms with Crippen molar-refractivity contribution in [3.63, 3.8) is 0 Å². The minimum absolute atomic E-state index is 0.187. The Bertz CT molecular complexity index is 784. The van der Waals surface area contributed by atoms with E-state index in [2.05, 4.69) is 25.7 Å². The van der Waals surface area contributed by atoms with E-state index in [1.807, 2.05) is 25.1 Å². The Labute approximate surface area is 126 Å². The molecule has 1 aromatic carbocycles. The van der Waals surface area contributed by atoms with Crippen LogP contribution in [-0.4, -0.2) is 34.1 Å². The first-order valence-corrected chi connectivity index (χ1v) is 6.77. The molecule has 2 N–H and O–H groups in total. The lowest BCUT2D eigenvalue weighted by Gasteiger charge is -2.18. The Hall–Kier alpha value is -2.90. The number of benzene rings is 1. The van der Waals surface area contributed by atoms with Gasteiger partial charge in [0.2, 0.25) is 5.95 Å². The van der Waals surface area contributed by atoms with Crippen LogP contribution in [0.2, 0.25) is 0 Å². The molecule has 1 aliphatic rings. The summed E-state index contributed by atoms with van der Waals surface area (Å²) < 4.78 is 11.0. The summed E-state index contributed by atoms with van der Waals surface area (Å²) in [5.74, 6) is 1.61. The molecule has 0 amide bonds. The van der Waals surface area contributed by atoms with Crippen molar-refractivity contribution in [2.75, 3.05) is 18.6 Å². The van der Waals surface area contributed by atoms with Gasteiger partial charge in [-0.05, 0) is 32.0 Å². The molecule has 0 atom stereocenters. The van der Waals surface area contributed by atoms with Gasteiger partial charge in [0.05, 0.1) is 5.71 Å². The Balaban J connectivity index is 1.79. The second-order valence-corrected chi connectivity index (χ2v) is 4.76. The molecule has 114 valence electrons. The van der Waals surface area contributed by atoms with Crippen LogP contribution in [0.25, 0.3) is 0 Å². The van der Waals surface area contributed by atoms with Crippen LogP contribution in [0.1, 0.15) is 18.2 Å². The van der Waals surface area contributed by atoms with E-state index in [1.54, 1.807) is 6.92 Å². The summed E-state index contributed by atoms with van der Waals surface area (Å²) in [7, 11) is 0. The fourth-order valence-electron chi connectivity index (χ4n) is 1.91. The average Bonchev–Trinajstić information content (AvgIpc) is 2.55. The van der Waals surface area contributed by atoms with Crippen LogP contribution in [0.15, 0.2) is 28.1 Å². The normalized spacial score (nSPS) is 13.8. The third-order valence-electron chi connectivity index (χ3n) is 3.15. The van der Waals surface area contributed by atoms with Crippen LogP contribution in [0.5, 0.6) is 11.5 Å². The standard InChI is InChI=1S/C14H15N5O3/c1-8(16-18-14-15-13(20)9(2)17-19-14)10-3-4-11-12(7-10)22-6-5-21-11/h3-4,7H,5-6H2,1-2H3,(H2,15,18,19,20)/b16-8-. The van der Waals surface area contributed by atoms with Gasteiger partial charge in [0.1, 0.15) is 18.9 Å². The highest BCUT2D eigenvalue weighted by atomic mass is 16.6. The topological polar surface area (TPSA) is 101 Å². The van der Waals surface area contributed by atoms with Crippen LogP contribution in [0, 0.1) is 6.92 Å². The van der Waals surface area contributed by atoms with E-state index in [0.29, 0.717) is 30.4 Å². The van der Waals surface area contributed by atoms with E-state index in [-0.39, 0.29) is 11.5 Å². The number of hydrogen-bond acceptors (Lipinski definition) is 7. The van der Waals surface area contributed by atoms with Crippen LogP contribution in [0.3, 0.4) is 0 Å². The van der Waals surface area contributed by atoms with Crippen molar-refractivity contribution in [1.82, 2.24) is 15.2 Å². The number of nitrogens with one attached hydrogen (secondary N) is 2. The molecule has 0 fully saturated rings. The largest absolute Gasteiger partial charge is 0.486 e. The number of H-pyrrole nitrogens is 1. The van der Waals surface area contributed by atoms with Crippen molar-refractivity contribution in [3.8, 4) is 11.5 Å². The van der Waals surface area contributed by atoms with Crippen LogP contribution in [-0.2, 0) is 0 Å². The highest BCUT2D eigenvalue weighted by Gasteiger charge is 2.12. The number of ether oxygens (including phenoxy) is 2. The van der Waals surface area contributed by atoms with E-state index in [1.165, 1.54) is 0 Å². The average molecular weight is 301 g/mol. The molecule has 0 saturated heterocycles. The number of aromatic amines is 1. The van der Waals surface area contributed by atoms with Gasteiger partial charge in [-0.3, -0.25) is 9.78 Å². The second-order valence-electron chi connectivity index (χ2n) is 4.76. The van der Waals surface area contributed by atoms with E-state index < -0.39 is 0 Å². The van der Waals surface area contributed by atoms with Gasteiger partial charge in [-0.1, -0.05) is 0 Å². The van der Waals surface area contributed by atoms with Crippen molar-refractivity contribution in [2.24, 2.45) is 5.10 Å². The first kappa shape index (κ1) is 14.1. The third kappa shape index (κ3) is 2.90. The molecule has 8 nitrogen and oxygen atoms in total. The first-order valence-electron chi connectivity index (χ1n) is 6.77. The van der Waals surface area contributed by atoms with Gasteiger partial charge in [0, 0.05) is 5.56 Å². The molecule has 0 saturated carbocycles. The number of rotatable bonds is 3. The Morgan fingerprint density at radius 2 is 2.05 bits per heavy atom. The zero-order valence-corrected chi connectivity index (χ0v) is 12.2. The molecule has 3 rings (SSSR count). The lowest BCUT2D eigenvalue weighted by atomic mass is 10.1. The fraction of sp³-hybridized carbons (Fsp3) is 0.286. The predicted octanol–water partition coefficient (Wildman–Crippen LogP) is 1.08. The summed E-state index contributed by atoms with van der Waals surface area (Å²) in [5, 5.41) is 11.7. The third-order valence-corrected chi connectivity index (χ3v) is 3.15. The van der Waals surface area contributed by atoms with Crippen LogP contribution >= 0.6 is 0 Å². The SMILES string of the molecule is C/C(=N/Nc1nnc(C)c(=O)[nH]1)c1ccc2c(c1)OCCO2. The van der Waals surface area contributed by atoms with E-state index in [9.17, 15) is 4.79 Å². The molecule has 0 bridgehead atoms. The molecular formula is C14H15N5O3. The smallest absolute Gasteiger partial charge is 0.274 e. The van der Waals surface area contributed by atoms with E-state index >= 15 is 0 Å². The minimum atomic E-state index is -0.301. The molecule has 1 aliphatic heterocycles. The lowest BCUT2D eigenvalue weighted by molar-refractivity contribution is 0.171. The number of aromatic nitrogens is 3. The maximum absolute atomic E-state index is 11.4. The zero-order chi connectivity index (χ0) is 15.5. The quantitative estimate of drug-likeness (QED) is 0.650. The predicted molar refractivity (Wildman–Crippen MR) is 80.7 cm³/mol. The number of nitrogens with zero attached hydrogens (tertiary/aromatic N) is 3. The Kier molecular flexibility index (Phi) is 3.73. The molecule has 0 unspecified atom stereocenters. The Morgan fingerprint density at radius 1 is 1.27 bits per heavy atom. The van der Waals surface area contributed by atoms with Crippen molar-refractivity contribution in [2.45, 2.75) is 13.8 Å². The van der Waals surface area contributed by atoms with Gasteiger partial charge >= 0.3 is 0 Å². The fourth-order valence-corrected chi connectivity index (χ4v) is 1.91. The molecule has 2 heterocycles. The van der Waals surface area contributed by atoms with Crippen molar-refractivity contribution in [3.05, 3.63) is 39.8 Å². The summed E-state index contributed by atoms with van der Waals surface area (Å²) in [6.07, 6.45) is 0. The van der Waals surface area contributed by atoms with Crippen LogP contribution < -0.4 is 20.5 Å². The molecule has 22 heavy (non-hydrogen) atoms. The minimum Gasteiger partial charge on any atom is -0.486 e. The number of aryl methyl sites for hydroxylation is 1. The number of fused-ring (bicyclic) bond motifs is 1. The monoisotopic (exact) mass is 301 g/mol. The zero-order valence-electron chi connectivity index (χ0n) is 12.2. The molecular weight excluding hydrogens is 286 g/mol. The van der Waals surface area contributed by atoms with Crippen LogP contribution in [0.4, 0.5) is 5.95 Å². The summed E-state index contributed by atoms with van der Waals surface area (Å²) in [5.41, 5.74) is 4.26. The van der Waals surface area contributed by atoms with E-state index in [4.69, 9.17) is 9.47 Å². The number of hydrazone groups is 1. The second kappa shape index (κ2) is 5.84. The summed E-state index contributed by atoms with van der Waals surface area (Å²) >= 11 is 0. The van der Waals surface area contributed by atoms with Gasteiger partial charge in [-0.2, -0.15) is 5.10 Å².